The number of methoxy groups -OCH3 is 2. The van der Waals surface area contributed by atoms with Crippen LogP contribution in [0, 0.1) is 5.82 Å². The SMILES string of the molecule is COC(=O)c1ccc2nc(-c3cc4cc(F)ccc4o3)c(N3CCCc4cc(OC)ccc43)cc2c1. The van der Waals surface area contributed by atoms with Gasteiger partial charge >= 0.3 is 5.97 Å². The molecule has 3 heterocycles. The Morgan fingerprint density at radius 1 is 0.972 bits per heavy atom. The largest absolute Gasteiger partial charge is 0.497 e. The van der Waals surface area contributed by atoms with Crippen molar-refractivity contribution >= 4 is 39.2 Å². The second-order valence-corrected chi connectivity index (χ2v) is 8.80. The quantitative estimate of drug-likeness (QED) is 0.267. The molecule has 6 rings (SSSR count). The first kappa shape index (κ1) is 22.1. The lowest BCUT2D eigenvalue weighted by molar-refractivity contribution is 0.0601. The minimum atomic E-state index is -0.405. The Morgan fingerprint density at radius 2 is 1.86 bits per heavy atom. The van der Waals surface area contributed by atoms with Crippen molar-refractivity contribution in [3.63, 3.8) is 0 Å². The number of esters is 1. The molecular formula is C29H23FN2O4. The molecule has 3 aromatic carbocycles. The van der Waals surface area contributed by atoms with Crippen LogP contribution in [0.1, 0.15) is 22.3 Å². The number of benzene rings is 3. The van der Waals surface area contributed by atoms with Crippen LogP contribution in [0.3, 0.4) is 0 Å². The molecule has 0 fully saturated rings. The third kappa shape index (κ3) is 3.73. The summed E-state index contributed by atoms with van der Waals surface area (Å²) in [5.74, 6) is 0.632. The minimum Gasteiger partial charge on any atom is -0.497 e. The second kappa shape index (κ2) is 8.68. The van der Waals surface area contributed by atoms with Crippen molar-refractivity contribution in [2.45, 2.75) is 12.8 Å². The zero-order chi connectivity index (χ0) is 24.8. The first-order chi connectivity index (χ1) is 17.5. The number of hydrogen-bond donors (Lipinski definition) is 0. The molecule has 5 aromatic rings. The fourth-order valence-corrected chi connectivity index (χ4v) is 4.88. The molecule has 0 N–H and O–H groups in total. The van der Waals surface area contributed by atoms with E-state index < -0.39 is 5.97 Å². The third-order valence-corrected chi connectivity index (χ3v) is 6.62. The predicted octanol–water partition coefficient (Wildman–Crippen LogP) is 6.67. The third-order valence-electron chi connectivity index (χ3n) is 6.62. The number of fused-ring (bicyclic) bond motifs is 3. The van der Waals surface area contributed by atoms with Crippen molar-refractivity contribution in [3.05, 3.63) is 83.7 Å². The highest BCUT2D eigenvalue weighted by molar-refractivity contribution is 5.98. The molecule has 2 aromatic heterocycles. The van der Waals surface area contributed by atoms with Gasteiger partial charge in [0.25, 0.3) is 0 Å². The van der Waals surface area contributed by atoms with Gasteiger partial charge in [0, 0.05) is 23.0 Å². The lowest BCUT2D eigenvalue weighted by Crippen LogP contribution is -2.25. The van der Waals surface area contributed by atoms with E-state index in [1.165, 1.54) is 24.8 Å². The molecule has 0 atom stereocenters. The van der Waals surface area contributed by atoms with Gasteiger partial charge in [0.2, 0.25) is 0 Å². The highest BCUT2D eigenvalue weighted by Gasteiger charge is 2.25. The van der Waals surface area contributed by atoms with Crippen LogP contribution >= 0.6 is 0 Å². The molecule has 0 aliphatic carbocycles. The fraction of sp³-hybridized carbons (Fsp3) is 0.172. The summed E-state index contributed by atoms with van der Waals surface area (Å²) in [5, 5.41) is 1.47. The normalized spacial score (nSPS) is 13.1. The summed E-state index contributed by atoms with van der Waals surface area (Å²) < 4.78 is 30.4. The number of aromatic nitrogens is 1. The number of rotatable bonds is 4. The zero-order valence-electron chi connectivity index (χ0n) is 19.9. The molecule has 36 heavy (non-hydrogen) atoms. The topological polar surface area (TPSA) is 64.8 Å². The molecule has 1 aliphatic rings. The molecular weight excluding hydrogens is 459 g/mol. The molecule has 1 aliphatic heterocycles. The van der Waals surface area contributed by atoms with Crippen molar-refractivity contribution in [1.29, 1.82) is 0 Å². The van der Waals surface area contributed by atoms with E-state index in [4.69, 9.17) is 18.9 Å². The van der Waals surface area contributed by atoms with Gasteiger partial charge < -0.3 is 18.8 Å². The van der Waals surface area contributed by atoms with Gasteiger partial charge in [-0.1, -0.05) is 0 Å². The Kier molecular flexibility index (Phi) is 5.33. The number of carbonyl (C=O) groups is 1. The first-order valence-electron chi connectivity index (χ1n) is 11.7. The van der Waals surface area contributed by atoms with E-state index in [0.717, 1.165) is 41.9 Å². The van der Waals surface area contributed by atoms with Crippen LogP contribution in [0.2, 0.25) is 0 Å². The Balaban J connectivity index is 1.58. The Bertz CT molecular complexity index is 1640. The number of aryl methyl sites for hydroxylation is 1. The Labute approximate surface area is 206 Å². The molecule has 7 heteroatoms. The maximum atomic E-state index is 13.9. The molecule has 0 saturated carbocycles. The number of halogens is 1. The first-order valence-corrected chi connectivity index (χ1v) is 11.7. The van der Waals surface area contributed by atoms with Crippen LogP contribution < -0.4 is 9.64 Å². The molecule has 6 nitrogen and oxygen atoms in total. The molecule has 0 bridgehead atoms. The van der Waals surface area contributed by atoms with Crippen molar-refractivity contribution < 1.29 is 23.1 Å². The van der Waals surface area contributed by atoms with Gasteiger partial charge in [-0.15, -0.1) is 0 Å². The minimum absolute atomic E-state index is 0.323. The number of hydrogen-bond acceptors (Lipinski definition) is 6. The Hall–Kier alpha value is -4.39. The summed E-state index contributed by atoms with van der Waals surface area (Å²) in [7, 11) is 3.03. The van der Waals surface area contributed by atoms with Crippen molar-refractivity contribution in [1.82, 2.24) is 4.98 Å². The number of carbonyl (C=O) groups excluding carboxylic acids is 1. The number of ether oxygens (including phenoxy) is 2. The summed E-state index contributed by atoms with van der Waals surface area (Å²) in [4.78, 5) is 19.4. The summed E-state index contributed by atoms with van der Waals surface area (Å²) in [5.41, 5.74) is 5.48. The van der Waals surface area contributed by atoms with E-state index in [0.29, 0.717) is 33.5 Å². The molecule has 0 spiro atoms. The van der Waals surface area contributed by atoms with Crippen LogP contribution in [-0.4, -0.2) is 31.7 Å². The lowest BCUT2D eigenvalue weighted by atomic mass is 9.99. The average molecular weight is 483 g/mol. The predicted molar refractivity (Wildman–Crippen MR) is 137 cm³/mol. The van der Waals surface area contributed by atoms with E-state index in [1.807, 2.05) is 18.2 Å². The zero-order valence-corrected chi connectivity index (χ0v) is 19.9. The summed E-state index contributed by atoms with van der Waals surface area (Å²) in [6, 6.07) is 19.7. The van der Waals surface area contributed by atoms with Crippen LogP contribution in [0.25, 0.3) is 33.3 Å². The maximum Gasteiger partial charge on any atom is 0.337 e. The molecule has 0 amide bonds. The van der Waals surface area contributed by atoms with E-state index in [-0.39, 0.29) is 5.82 Å². The van der Waals surface area contributed by atoms with E-state index in [9.17, 15) is 9.18 Å². The standard InChI is InChI=1S/C29H23FN2O4/c1-34-22-7-9-24-17(14-22)4-3-11-32(24)25-15-19-12-18(29(33)35-2)5-8-23(19)31-28(25)27-16-20-13-21(30)6-10-26(20)36-27/h5-10,12-16H,3-4,11H2,1-2H3. The van der Waals surface area contributed by atoms with Crippen molar-refractivity contribution in [3.8, 4) is 17.2 Å². The summed E-state index contributed by atoms with van der Waals surface area (Å²) in [6.45, 7) is 0.783. The van der Waals surface area contributed by atoms with Gasteiger partial charge in [0.15, 0.2) is 5.76 Å². The van der Waals surface area contributed by atoms with Crippen LogP contribution in [0.4, 0.5) is 15.8 Å². The van der Waals surface area contributed by atoms with E-state index in [1.54, 1.807) is 31.4 Å². The maximum absolute atomic E-state index is 13.9. The molecule has 0 saturated heterocycles. The van der Waals surface area contributed by atoms with Gasteiger partial charge in [-0.3, -0.25) is 0 Å². The van der Waals surface area contributed by atoms with Crippen LogP contribution in [0.5, 0.6) is 5.75 Å². The molecule has 0 radical (unpaired) electrons. The van der Waals surface area contributed by atoms with Crippen molar-refractivity contribution in [2.24, 2.45) is 0 Å². The highest BCUT2D eigenvalue weighted by Crippen LogP contribution is 2.42. The van der Waals surface area contributed by atoms with E-state index in [2.05, 4.69) is 17.0 Å². The fourth-order valence-electron chi connectivity index (χ4n) is 4.88. The van der Waals surface area contributed by atoms with Gasteiger partial charge in [-0.2, -0.15) is 0 Å². The highest BCUT2D eigenvalue weighted by atomic mass is 19.1. The second-order valence-electron chi connectivity index (χ2n) is 8.80. The van der Waals surface area contributed by atoms with Crippen molar-refractivity contribution in [2.75, 3.05) is 25.7 Å². The number of furan rings is 1. The van der Waals surface area contributed by atoms with Gasteiger partial charge in [0.1, 0.15) is 22.8 Å². The van der Waals surface area contributed by atoms with Gasteiger partial charge in [-0.25, -0.2) is 14.2 Å². The van der Waals surface area contributed by atoms with Gasteiger partial charge in [-0.05, 0) is 85.1 Å². The monoisotopic (exact) mass is 482 g/mol. The van der Waals surface area contributed by atoms with E-state index >= 15 is 0 Å². The number of nitrogens with zero attached hydrogens (tertiary/aromatic N) is 2. The average Bonchev–Trinajstić information content (AvgIpc) is 3.34. The lowest BCUT2D eigenvalue weighted by Gasteiger charge is -2.32. The smallest absolute Gasteiger partial charge is 0.337 e. The van der Waals surface area contributed by atoms with Crippen LogP contribution in [0.15, 0.2) is 71.1 Å². The molecule has 180 valence electrons. The molecule has 0 unspecified atom stereocenters. The number of anilines is 2. The Morgan fingerprint density at radius 3 is 2.69 bits per heavy atom. The summed E-state index contributed by atoms with van der Waals surface area (Å²) >= 11 is 0. The number of pyridine rings is 1. The van der Waals surface area contributed by atoms with Crippen LogP contribution in [-0.2, 0) is 11.2 Å². The van der Waals surface area contributed by atoms with Gasteiger partial charge in [0.05, 0.1) is 31.0 Å². The summed E-state index contributed by atoms with van der Waals surface area (Å²) in [6.07, 6.45) is 1.89.